The Morgan fingerprint density at radius 1 is 1.12 bits per heavy atom. The summed E-state index contributed by atoms with van der Waals surface area (Å²) in [6.45, 7) is 14.9. The molecular weight excluding hydrogens is 513 g/mol. The summed E-state index contributed by atoms with van der Waals surface area (Å²) >= 11 is 0. The second-order valence-electron chi connectivity index (χ2n) is 9.56. The van der Waals surface area contributed by atoms with Crippen LogP contribution in [-0.4, -0.2) is 60.4 Å². The number of aliphatic imine (C=N–C) groups is 1. The number of carbonyl (C=O) groups excluding carboxylic acids is 1. The van der Waals surface area contributed by atoms with Crippen molar-refractivity contribution in [3.8, 4) is 0 Å². The van der Waals surface area contributed by atoms with Gasteiger partial charge in [-0.05, 0) is 49.8 Å². The van der Waals surface area contributed by atoms with Crippen LogP contribution in [-0.2, 0) is 17.9 Å². The fourth-order valence-electron chi connectivity index (χ4n) is 4.57. The van der Waals surface area contributed by atoms with E-state index in [1.54, 1.807) is 0 Å². The lowest BCUT2D eigenvalue weighted by Crippen LogP contribution is -2.45. The van der Waals surface area contributed by atoms with E-state index in [0.29, 0.717) is 6.54 Å². The van der Waals surface area contributed by atoms with Crippen molar-refractivity contribution < 1.29 is 4.79 Å². The number of rotatable bonds is 7. The average molecular weight is 556 g/mol. The number of hydrogen-bond donors (Lipinski definition) is 2. The highest BCUT2D eigenvalue weighted by Crippen LogP contribution is 2.18. The summed E-state index contributed by atoms with van der Waals surface area (Å²) in [7, 11) is 0. The van der Waals surface area contributed by atoms with Crippen molar-refractivity contribution >= 4 is 35.8 Å². The molecule has 0 aromatic heterocycles. The number of benzene rings is 1. The summed E-state index contributed by atoms with van der Waals surface area (Å²) in [4.78, 5) is 21.6. The molecule has 1 aromatic rings. The van der Waals surface area contributed by atoms with Gasteiger partial charge in [-0.25, -0.2) is 4.99 Å². The van der Waals surface area contributed by atoms with Crippen LogP contribution in [0.5, 0.6) is 0 Å². The molecule has 0 saturated carbocycles. The first-order valence-corrected chi connectivity index (χ1v) is 12.1. The molecule has 0 bridgehead atoms. The van der Waals surface area contributed by atoms with E-state index < -0.39 is 0 Å². The third-order valence-corrected chi connectivity index (χ3v) is 6.27. The molecule has 2 N–H and O–H groups in total. The number of piperidine rings is 1. The molecule has 6 nitrogen and oxygen atoms in total. The molecule has 1 amide bonds. The number of guanidine groups is 1. The predicted molar refractivity (Wildman–Crippen MR) is 143 cm³/mol. The maximum absolute atomic E-state index is 12.2. The monoisotopic (exact) mass is 555 g/mol. The van der Waals surface area contributed by atoms with Crippen LogP contribution < -0.4 is 10.6 Å². The third-order valence-electron chi connectivity index (χ3n) is 6.27. The van der Waals surface area contributed by atoms with Crippen LogP contribution in [0.1, 0.15) is 58.1 Å². The first-order chi connectivity index (χ1) is 14.9. The van der Waals surface area contributed by atoms with Gasteiger partial charge in [0.05, 0.1) is 6.54 Å². The van der Waals surface area contributed by atoms with Crippen molar-refractivity contribution in [2.24, 2.45) is 16.8 Å². The zero-order valence-electron chi connectivity index (χ0n) is 20.3. The zero-order chi connectivity index (χ0) is 22.2. The number of hydrogen-bond acceptors (Lipinski definition) is 3. The standard InChI is InChI=1S/C25H41N5O.HI/c1-5-26-25(28-23-12-14-30(18-23)24(31)19(2)3)27-15-21-8-10-22(11-9-21)17-29-13-6-7-20(4)16-29;/h8-11,19-20,23H,5-7,12-18H2,1-4H3,(H2,26,27,28);1H. The van der Waals surface area contributed by atoms with Crippen molar-refractivity contribution in [2.45, 2.75) is 66.1 Å². The Labute approximate surface area is 211 Å². The normalized spacial score (nSPS) is 22.0. The first-order valence-electron chi connectivity index (χ1n) is 12.1. The van der Waals surface area contributed by atoms with Gasteiger partial charge in [-0.1, -0.05) is 45.0 Å². The number of nitrogens with one attached hydrogen (secondary N) is 2. The second-order valence-corrected chi connectivity index (χ2v) is 9.56. The van der Waals surface area contributed by atoms with Gasteiger partial charge in [0.2, 0.25) is 5.91 Å². The molecular formula is C25H42IN5O. The Bertz CT molecular complexity index is 736. The van der Waals surface area contributed by atoms with Crippen LogP contribution >= 0.6 is 24.0 Å². The Kier molecular flexibility index (Phi) is 11.2. The molecule has 7 heteroatoms. The maximum Gasteiger partial charge on any atom is 0.225 e. The van der Waals surface area contributed by atoms with Gasteiger partial charge in [0.1, 0.15) is 0 Å². The Balaban J connectivity index is 0.00000363. The number of halogens is 1. The van der Waals surface area contributed by atoms with Crippen molar-refractivity contribution in [1.82, 2.24) is 20.4 Å². The fraction of sp³-hybridized carbons (Fsp3) is 0.680. The Morgan fingerprint density at radius 2 is 1.84 bits per heavy atom. The van der Waals surface area contributed by atoms with Crippen molar-refractivity contribution in [3.05, 3.63) is 35.4 Å². The van der Waals surface area contributed by atoms with E-state index in [1.165, 1.54) is 37.1 Å². The molecule has 2 aliphatic rings. The highest BCUT2D eigenvalue weighted by atomic mass is 127. The van der Waals surface area contributed by atoms with Crippen LogP contribution in [0.15, 0.2) is 29.3 Å². The quantitative estimate of drug-likeness (QED) is 0.305. The van der Waals surface area contributed by atoms with Crippen molar-refractivity contribution in [1.29, 1.82) is 0 Å². The third kappa shape index (κ3) is 8.21. The summed E-state index contributed by atoms with van der Waals surface area (Å²) < 4.78 is 0. The minimum atomic E-state index is 0. The van der Waals surface area contributed by atoms with E-state index in [9.17, 15) is 4.79 Å². The molecule has 2 aliphatic heterocycles. The number of carbonyl (C=O) groups is 1. The van der Waals surface area contributed by atoms with Gasteiger partial charge < -0.3 is 15.5 Å². The van der Waals surface area contributed by atoms with E-state index in [2.05, 4.69) is 53.6 Å². The fourth-order valence-corrected chi connectivity index (χ4v) is 4.57. The maximum atomic E-state index is 12.2. The van der Waals surface area contributed by atoms with Crippen molar-refractivity contribution in [2.75, 3.05) is 32.7 Å². The smallest absolute Gasteiger partial charge is 0.225 e. The van der Waals surface area contributed by atoms with Gasteiger partial charge in [-0.2, -0.15) is 0 Å². The Hall–Kier alpha value is -1.35. The minimum Gasteiger partial charge on any atom is -0.357 e. The van der Waals surface area contributed by atoms with Gasteiger partial charge in [-0.15, -0.1) is 24.0 Å². The van der Waals surface area contributed by atoms with Gasteiger partial charge in [0, 0.05) is 44.7 Å². The zero-order valence-corrected chi connectivity index (χ0v) is 22.6. The number of amides is 1. The van der Waals surface area contributed by atoms with Crippen LogP contribution in [0.2, 0.25) is 0 Å². The molecule has 0 spiro atoms. The number of likely N-dealkylation sites (tertiary alicyclic amines) is 2. The van der Waals surface area contributed by atoms with Crippen LogP contribution in [0.4, 0.5) is 0 Å². The van der Waals surface area contributed by atoms with Gasteiger partial charge in [-0.3, -0.25) is 9.69 Å². The average Bonchev–Trinajstić information content (AvgIpc) is 3.21. The van der Waals surface area contributed by atoms with E-state index >= 15 is 0 Å². The van der Waals surface area contributed by atoms with Gasteiger partial charge >= 0.3 is 0 Å². The highest BCUT2D eigenvalue weighted by molar-refractivity contribution is 14.0. The molecule has 2 unspecified atom stereocenters. The summed E-state index contributed by atoms with van der Waals surface area (Å²) in [5.74, 6) is 1.94. The molecule has 180 valence electrons. The predicted octanol–water partition coefficient (Wildman–Crippen LogP) is 3.85. The SMILES string of the molecule is CCNC(=NCc1ccc(CN2CCCC(C)C2)cc1)NC1CCN(C(=O)C(C)C)C1.I. The highest BCUT2D eigenvalue weighted by Gasteiger charge is 2.28. The molecule has 2 heterocycles. The lowest BCUT2D eigenvalue weighted by Gasteiger charge is -2.30. The number of nitrogens with zero attached hydrogens (tertiary/aromatic N) is 3. The van der Waals surface area contributed by atoms with Crippen molar-refractivity contribution in [3.63, 3.8) is 0 Å². The minimum absolute atomic E-state index is 0. The molecule has 2 saturated heterocycles. The molecule has 1 aromatic carbocycles. The van der Waals surface area contributed by atoms with Gasteiger partial charge in [0.25, 0.3) is 0 Å². The molecule has 0 radical (unpaired) electrons. The molecule has 32 heavy (non-hydrogen) atoms. The lowest BCUT2D eigenvalue weighted by molar-refractivity contribution is -0.133. The second kappa shape index (κ2) is 13.4. The molecule has 2 atom stereocenters. The topological polar surface area (TPSA) is 60.0 Å². The summed E-state index contributed by atoms with van der Waals surface area (Å²) in [6.07, 6.45) is 3.65. The van der Waals surface area contributed by atoms with E-state index in [4.69, 9.17) is 4.99 Å². The van der Waals surface area contributed by atoms with Gasteiger partial charge in [0.15, 0.2) is 5.96 Å². The lowest BCUT2D eigenvalue weighted by atomic mass is 9.99. The van der Waals surface area contributed by atoms with Crippen LogP contribution in [0, 0.1) is 11.8 Å². The molecule has 0 aliphatic carbocycles. The summed E-state index contributed by atoms with van der Waals surface area (Å²) in [5.41, 5.74) is 2.60. The summed E-state index contributed by atoms with van der Waals surface area (Å²) in [5, 5.41) is 6.86. The van der Waals surface area contributed by atoms with E-state index in [-0.39, 0.29) is 41.8 Å². The Morgan fingerprint density at radius 3 is 2.50 bits per heavy atom. The molecule has 3 rings (SSSR count). The largest absolute Gasteiger partial charge is 0.357 e. The van der Waals surface area contributed by atoms with Crippen LogP contribution in [0.25, 0.3) is 0 Å². The summed E-state index contributed by atoms with van der Waals surface area (Å²) in [6, 6.07) is 9.16. The molecule has 2 fully saturated rings. The van der Waals surface area contributed by atoms with E-state index in [1.807, 2.05) is 18.7 Å². The van der Waals surface area contributed by atoms with Crippen LogP contribution in [0.3, 0.4) is 0 Å². The van der Waals surface area contributed by atoms with E-state index in [0.717, 1.165) is 44.5 Å². The first kappa shape index (κ1) is 26.9.